The number of hydrogen-bond acceptors (Lipinski definition) is 4. The van der Waals surface area contributed by atoms with E-state index in [-0.39, 0.29) is 11.4 Å². The molecule has 0 amide bonds. The minimum Gasteiger partial charge on any atom is -0.471 e. The highest BCUT2D eigenvalue weighted by atomic mass is 35.5. The molecule has 0 spiro atoms. The number of hydrogen-bond donors (Lipinski definition) is 1. The van der Waals surface area contributed by atoms with Crippen molar-refractivity contribution in [2.75, 3.05) is 0 Å². The molecule has 1 aliphatic rings. The first-order valence-electron chi connectivity index (χ1n) is 5.57. The Morgan fingerprint density at radius 2 is 2.38 bits per heavy atom. The monoisotopic (exact) mass is 242 g/mol. The highest BCUT2D eigenvalue weighted by Gasteiger charge is 2.28. The average Bonchev–Trinajstić information content (AvgIpc) is 2.65. The van der Waals surface area contributed by atoms with E-state index in [9.17, 15) is 5.11 Å². The molecule has 4 nitrogen and oxygen atoms in total. The number of aliphatic hydroxyl groups is 1. The second-order valence-electron chi connectivity index (χ2n) is 3.98. The van der Waals surface area contributed by atoms with Crippen molar-refractivity contribution in [3.8, 4) is 5.88 Å². The van der Waals surface area contributed by atoms with E-state index in [1.54, 1.807) is 6.20 Å². The van der Waals surface area contributed by atoms with Crippen LogP contribution in [0.4, 0.5) is 0 Å². The molecule has 2 atom stereocenters. The van der Waals surface area contributed by atoms with Crippen molar-refractivity contribution in [3.63, 3.8) is 0 Å². The van der Waals surface area contributed by atoms with Crippen molar-refractivity contribution in [2.45, 2.75) is 44.8 Å². The summed E-state index contributed by atoms with van der Waals surface area (Å²) >= 11 is 5.73. The van der Waals surface area contributed by atoms with Crippen LogP contribution in [0.15, 0.2) is 6.20 Å². The molecular formula is C11H15ClN2O2. The van der Waals surface area contributed by atoms with E-state index in [1.807, 2.05) is 6.92 Å². The summed E-state index contributed by atoms with van der Waals surface area (Å²) in [5.41, 5.74) is 0.920. The second kappa shape index (κ2) is 4.97. The lowest BCUT2D eigenvalue weighted by atomic mass is 10.2. The van der Waals surface area contributed by atoms with Gasteiger partial charge in [-0.25, -0.2) is 4.98 Å². The molecule has 1 aromatic rings. The van der Waals surface area contributed by atoms with Gasteiger partial charge in [-0.15, -0.1) is 0 Å². The third-order valence-corrected chi connectivity index (χ3v) is 3.04. The van der Waals surface area contributed by atoms with Gasteiger partial charge in [0.25, 0.3) is 0 Å². The van der Waals surface area contributed by atoms with E-state index in [2.05, 4.69) is 9.97 Å². The van der Waals surface area contributed by atoms with Crippen molar-refractivity contribution in [1.82, 2.24) is 9.97 Å². The number of halogens is 1. The third-order valence-electron chi connectivity index (χ3n) is 2.86. The Bertz CT molecular complexity index is 373. The van der Waals surface area contributed by atoms with Gasteiger partial charge in [-0.05, 0) is 37.3 Å². The lowest BCUT2D eigenvalue weighted by Crippen LogP contribution is -2.26. The molecular weight excluding hydrogens is 228 g/mol. The van der Waals surface area contributed by atoms with Crippen LogP contribution in [0.25, 0.3) is 0 Å². The van der Waals surface area contributed by atoms with Gasteiger partial charge in [0, 0.05) is 11.8 Å². The molecule has 16 heavy (non-hydrogen) atoms. The predicted octanol–water partition coefficient (Wildman–Crippen LogP) is 1.98. The van der Waals surface area contributed by atoms with Gasteiger partial charge >= 0.3 is 0 Å². The molecule has 0 aliphatic heterocycles. The molecule has 2 rings (SSSR count). The SMILES string of the molecule is CCc1cnc(Cl)nc1OC1CCC[C@H]1O. The summed E-state index contributed by atoms with van der Waals surface area (Å²) in [5, 5.41) is 9.86. The zero-order chi connectivity index (χ0) is 11.5. The Labute approximate surface area is 99.6 Å². The largest absolute Gasteiger partial charge is 0.471 e. The van der Waals surface area contributed by atoms with Crippen LogP contribution in [0.3, 0.4) is 0 Å². The molecule has 0 saturated heterocycles. The summed E-state index contributed by atoms with van der Waals surface area (Å²) in [4.78, 5) is 7.98. The van der Waals surface area contributed by atoms with Crippen LogP contribution in [0.5, 0.6) is 5.88 Å². The number of nitrogens with zero attached hydrogens (tertiary/aromatic N) is 2. The number of aliphatic hydroxyl groups excluding tert-OH is 1. The lowest BCUT2D eigenvalue weighted by molar-refractivity contribution is 0.0567. The van der Waals surface area contributed by atoms with Crippen molar-refractivity contribution in [3.05, 3.63) is 17.0 Å². The second-order valence-corrected chi connectivity index (χ2v) is 4.32. The van der Waals surface area contributed by atoms with E-state index in [0.29, 0.717) is 5.88 Å². The molecule has 1 unspecified atom stereocenters. The first-order valence-corrected chi connectivity index (χ1v) is 5.94. The lowest BCUT2D eigenvalue weighted by Gasteiger charge is -2.17. The van der Waals surface area contributed by atoms with E-state index < -0.39 is 6.10 Å². The van der Waals surface area contributed by atoms with Gasteiger partial charge in [-0.2, -0.15) is 4.98 Å². The van der Waals surface area contributed by atoms with Crippen LogP contribution in [-0.2, 0) is 6.42 Å². The Kier molecular flexibility index (Phi) is 3.61. The summed E-state index contributed by atoms with van der Waals surface area (Å²) < 4.78 is 5.70. The molecule has 1 fully saturated rings. The van der Waals surface area contributed by atoms with Gasteiger partial charge in [-0.1, -0.05) is 6.92 Å². The Morgan fingerprint density at radius 3 is 3.00 bits per heavy atom. The predicted molar refractivity (Wildman–Crippen MR) is 60.7 cm³/mol. The minimum atomic E-state index is -0.390. The number of ether oxygens (including phenoxy) is 1. The van der Waals surface area contributed by atoms with E-state index in [0.717, 1.165) is 31.2 Å². The Balaban J connectivity index is 2.16. The highest BCUT2D eigenvalue weighted by Crippen LogP contribution is 2.26. The van der Waals surface area contributed by atoms with Gasteiger partial charge in [0.2, 0.25) is 11.2 Å². The zero-order valence-electron chi connectivity index (χ0n) is 9.19. The van der Waals surface area contributed by atoms with Crippen molar-refractivity contribution in [1.29, 1.82) is 0 Å². The maximum absolute atomic E-state index is 9.68. The molecule has 0 radical (unpaired) electrons. The van der Waals surface area contributed by atoms with E-state index in [1.165, 1.54) is 0 Å². The minimum absolute atomic E-state index is 0.156. The molecule has 0 aromatic carbocycles. The molecule has 1 aliphatic carbocycles. The summed E-state index contributed by atoms with van der Waals surface area (Å²) in [6, 6.07) is 0. The van der Waals surface area contributed by atoms with Crippen LogP contribution >= 0.6 is 11.6 Å². The van der Waals surface area contributed by atoms with Crippen molar-refractivity contribution < 1.29 is 9.84 Å². The molecule has 5 heteroatoms. The van der Waals surface area contributed by atoms with Gasteiger partial charge in [-0.3, -0.25) is 0 Å². The normalized spacial score (nSPS) is 24.7. The topological polar surface area (TPSA) is 55.2 Å². The molecule has 0 bridgehead atoms. The van der Waals surface area contributed by atoms with Crippen LogP contribution in [0.2, 0.25) is 5.28 Å². The molecule has 1 heterocycles. The van der Waals surface area contributed by atoms with Crippen LogP contribution in [0, 0.1) is 0 Å². The summed E-state index contributed by atoms with van der Waals surface area (Å²) in [6.07, 6.45) is 4.57. The molecule has 1 N–H and O–H groups in total. The molecule has 1 saturated carbocycles. The van der Waals surface area contributed by atoms with Gasteiger partial charge in [0.05, 0.1) is 6.10 Å². The maximum Gasteiger partial charge on any atom is 0.225 e. The van der Waals surface area contributed by atoms with Crippen molar-refractivity contribution >= 4 is 11.6 Å². The number of aromatic nitrogens is 2. The Morgan fingerprint density at radius 1 is 1.56 bits per heavy atom. The fraction of sp³-hybridized carbons (Fsp3) is 0.636. The Hall–Kier alpha value is -0.870. The fourth-order valence-corrected chi connectivity index (χ4v) is 2.03. The van der Waals surface area contributed by atoms with E-state index in [4.69, 9.17) is 16.3 Å². The first-order chi connectivity index (χ1) is 7.70. The quantitative estimate of drug-likeness (QED) is 0.824. The standard InChI is InChI=1S/C11H15ClN2O2/c1-2-7-6-13-11(12)14-10(7)16-9-5-3-4-8(9)15/h6,8-9,15H,2-5H2,1H3/t8-,9?/m1/s1. The summed E-state index contributed by atoms with van der Waals surface area (Å²) in [5.74, 6) is 0.508. The zero-order valence-corrected chi connectivity index (χ0v) is 9.94. The van der Waals surface area contributed by atoms with Gasteiger partial charge in [0.1, 0.15) is 6.10 Å². The van der Waals surface area contributed by atoms with E-state index >= 15 is 0 Å². The van der Waals surface area contributed by atoms with Gasteiger partial charge < -0.3 is 9.84 Å². The highest BCUT2D eigenvalue weighted by molar-refractivity contribution is 6.28. The van der Waals surface area contributed by atoms with Crippen LogP contribution in [0.1, 0.15) is 31.7 Å². The third kappa shape index (κ3) is 2.44. The average molecular weight is 243 g/mol. The van der Waals surface area contributed by atoms with Gasteiger partial charge in [0.15, 0.2) is 0 Å². The first kappa shape index (κ1) is 11.6. The number of rotatable bonds is 3. The smallest absolute Gasteiger partial charge is 0.225 e. The molecule has 88 valence electrons. The van der Waals surface area contributed by atoms with Crippen molar-refractivity contribution in [2.24, 2.45) is 0 Å². The summed E-state index contributed by atoms with van der Waals surface area (Å²) in [6.45, 7) is 2.00. The maximum atomic E-state index is 9.68. The van der Waals surface area contributed by atoms with Crippen LogP contribution < -0.4 is 4.74 Å². The summed E-state index contributed by atoms with van der Waals surface area (Å²) in [7, 11) is 0. The molecule has 1 aromatic heterocycles. The fourth-order valence-electron chi connectivity index (χ4n) is 1.90. The number of aryl methyl sites for hydroxylation is 1. The van der Waals surface area contributed by atoms with Crippen LogP contribution in [-0.4, -0.2) is 27.3 Å².